The lowest BCUT2D eigenvalue weighted by Crippen LogP contribution is -2.27. The molecule has 25 heavy (non-hydrogen) atoms. The number of thioether (sulfide) groups is 1. The van der Waals surface area contributed by atoms with Gasteiger partial charge in [-0.05, 0) is 47.7 Å². The topological polar surface area (TPSA) is 82.4 Å². The van der Waals surface area contributed by atoms with Crippen LogP contribution >= 0.6 is 11.8 Å². The number of imide groups is 1. The fourth-order valence-corrected chi connectivity index (χ4v) is 3.26. The second-order valence-electron chi connectivity index (χ2n) is 5.22. The van der Waals surface area contributed by atoms with Crippen LogP contribution in [0.1, 0.15) is 16.1 Å². The summed E-state index contributed by atoms with van der Waals surface area (Å²) in [6.45, 7) is 3.72. The first kappa shape index (κ1) is 16.8. The molecule has 0 saturated carbocycles. The van der Waals surface area contributed by atoms with Gasteiger partial charge in [-0.3, -0.25) is 14.5 Å². The van der Waals surface area contributed by atoms with Gasteiger partial charge < -0.3 is 14.5 Å². The quantitative estimate of drug-likeness (QED) is 0.607. The van der Waals surface area contributed by atoms with Gasteiger partial charge >= 0.3 is 0 Å². The first-order valence-electron chi connectivity index (χ1n) is 7.36. The minimum absolute atomic E-state index is 0.0861. The summed E-state index contributed by atoms with van der Waals surface area (Å²) < 4.78 is 1.79. The van der Waals surface area contributed by atoms with Gasteiger partial charge in [0.05, 0.1) is 10.9 Å². The molecule has 7 heteroatoms. The lowest BCUT2D eigenvalue weighted by Gasteiger charge is -2.09. The molecule has 1 saturated heterocycles. The molecule has 2 aromatic rings. The van der Waals surface area contributed by atoms with Gasteiger partial charge in [-0.2, -0.15) is 0 Å². The van der Waals surface area contributed by atoms with E-state index < -0.39 is 5.97 Å². The van der Waals surface area contributed by atoms with Crippen LogP contribution in [-0.2, 0) is 4.79 Å². The second kappa shape index (κ2) is 6.82. The van der Waals surface area contributed by atoms with E-state index in [1.807, 2.05) is 0 Å². The van der Waals surface area contributed by atoms with Crippen molar-refractivity contribution >= 4 is 35.0 Å². The summed E-state index contributed by atoms with van der Waals surface area (Å²) in [6, 6.07) is 9.79. The van der Waals surface area contributed by atoms with E-state index >= 15 is 0 Å². The zero-order valence-corrected chi connectivity index (χ0v) is 13.9. The van der Waals surface area contributed by atoms with Gasteiger partial charge in [0.1, 0.15) is 0 Å². The van der Waals surface area contributed by atoms with E-state index in [1.165, 1.54) is 18.2 Å². The molecule has 1 aliphatic rings. The Hall–Kier alpha value is -3.06. The maximum absolute atomic E-state index is 12.3. The molecule has 126 valence electrons. The van der Waals surface area contributed by atoms with Crippen LogP contribution in [-0.4, -0.2) is 33.1 Å². The van der Waals surface area contributed by atoms with Gasteiger partial charge in [-0.25, -0.2) is 0 Å². The molecule has 0 N–H and O–H groups in total. The van der Waals surface area contributed by atoms with E-state index in [0.717, 1.165) is 22.3 Å². The number of benzene rings is 1. The Morgan fingerprint density at radius 2 is 1.92 bits per heavy atom. The third kappa shape index (κ3) is 3.27. The average molecular weight is 353 g/mol. The molecule has 3 rings (SSSR count). The molecule has 0 spiro atoms. The van der Waals surface area contributed by atoms with Crippen LogP contribution in [0.4, 0.5) is 4.79 Å². The molecule has 0 atom stereocenters. The predicted molar refractivity (Wildman–Crippen MR) is 93.0 cm³/mol. The predicted octanol–water partition coefficient (Wildman–Crippen LogP) is 2.06. The standard InChI is InChI=1S/C18H14N2O4S/c1-2-9-20-16(21)15(25-18(20)24)11-14-4-3-10-19(14)13-7-5-12(6-8-13)17(22)23/h2-8,10-11H,1,9H2,(H,22,23)/p-1. The summed E-state index contributed by atoms with van der Waals surface area (Å²) in [7, 11) is 0. The summed E-state index contributed by atoms with van der Waals surface area (Å²) in [5.74, 6) is -1.59. The number of aromatic nitrogens is 1. The van der Waals surface area contributed by atoms with Gasteiger partial charge in [-0.1, -0.05) is 18.2 Å². The van der Waals surface area contributed by atoms with Crippen molar-refractivity contribution in [2.45, 2.75) is 0 Å². The van der Waals surface area contributed by atoms with Crippen molar-refractivity contribution in [3.05, 3.63) is 71.4 Å². The van der Waals surface area contributed by atoms with Crippen LogP contribution in [0.2, 0.25) is 0 Å². The minimum Gasteiger partial charge on any atom is -0.545 e. The van der Waals surface area contributed by atoms with Crippen molar-refractivity contribution in [1.29, 1.82) is 0 Å². The number of hydrogen-bond acceptors (Lipinski definition) is 5. The Balaban J connectivity index is 1.92. The van der Waals surface area contributed by atoms with E-state index in [2.05, 4.69) is 6.58 Å². The monoisotopic (exact) mass is 353 g/mol. The molecular formula is C18H13N2O4S-. The SMILES string of the molecule is C=CCN1C(=O)SC(=Cc2cccn2-c2ccc(C(=O)[O-])cc2)C1=O. The van der Waals surface area contributed by atoms with Crippen molar-refractivity contribution in [1.82, 2.24) is 9.47 Å². The van der Waals surface area contributed by atoms with Gasteiger partial charge in [0.15, 0.2) is 0 Å². The largest absolute Gasteiger partial charge is 0.545 e. The number of carboxylic acid groups (broad SMARTS) is 1. The van der Waals surface area contributed by atoms with E-state index in [4.69, 9.17) is 0 Å². The van der Waals surface area contributed by atoms with Crippen LogP contribution in [0, 0.1) is 0 Å². The molecule has 1 aromatic heterocycles. The van der Waals surface area contributed by atoms with E-state index in [1.54, 1.807) is 41.1 Å². The molecule has 0 unspecified atom stereocenters. The van der Waals surface area contributed by atoms with Crippen molar-refractivity contribution < 1.29 is 19.5 Å². The maximum Gasteiger partial charge on any atom is 0.293 e. The molecule has 1 aliphatic heterocycles. The van der Waals surface area contributed by atoms with E-state index in [9.17, 15) is 19.5 Å². The Labute approximate surface area is 148 Å². The number of hydrogen-bond donors (Lipinski definition) is 0. The molecule has 1 fully saturated rings. The van der Waals surface area contributed by atoms with Crippen molar-refractivity contribution in [2.24, 2.45) is 0 Å². The summed E-state index contributed by atoms with van der Waals surface area (Å²) in [4.78, 5) is 36.5. The highest BCUT2D eigenvalue weighted by atomic mass is 32.2. The first-order valence-corrected chi connectivity index (χ1v) is 8.18. The zero-order chi connectivity index (χ0) is 18.0. The summed E-state index contributed by atoms with van der Waals surface area (Å²) >= 11 is 0.882. The fourth-order valence-electron chi connectivity index (χ4n) is 2.43. The number of carbonyl (C=O) groups excluding carboxylic acids is 3. The zero-order valence-electron chi connectivity index (χ0n) is 13.0. The average Bonchev–Trinajstić information content (AvgIpc) is 3.16. The van der Waals surface area contributed by atoms with Crippen LogP contribution in [0.5, 0.6) is 0 Å². The number of nitrogens with zero attached hydrogens (tertiary/aromatic N) is 2. The van der Waals surface area contributed by atoms with Gasteiger partial charge in [0, 0.05) is 24.1 Å². The highest BCUT2D eigenvalue weighted by molar-refractivity contribution is 8.18. The number of aromatic carboxylic acids is 1. The molecule has 0 aliphatic carbocycles. The van der Waals surface area contributed by atoms with Gasteiger partial charge in [-0.15, -0.1) is 6.58 Å². The van der Waals surface area contributed by atoms with Crippen molar-refractivity contribution in [3.63, 3.8) is 0 Å². The Kier molecular flexibility index (Phi) is 4.58. The van der Waals surface area contributed by atoms with Crippen LogP contribution in [0.15, 0.2) is 60.2 Å². The maximum atomic E-state index is 12.3. The lowest BCUT2D eigenvalue weighted by molar-refractivity contribution is -0.255. The third-order valence-corrected chi connectivity index (χ3v) is 4.53. The van der Waals surface area contributed by atoms with E-state index in [0.29, 0.717) is 10.6 Å². The number of amides is 2. The summed E-state index contributed by atoms with van der Waals surface area (Å²) in [5.41, 5.74) is 1.51. The van der Waals surface area contributed by atoms with Gasteiger partial charge in [0.2, 0.25) is 0 Å². The Morgan fingerprint density at radius 1 is 1.20 bits per heavy atom. The van der Waals surface area contributed by atoms with Crippen LogP contribution in [0.25, 0.3) is 11.8 Å². The smallest absolute Gasteiger partial charge is 0.293 e. The Morgan fingerprint density at radius 3 is 2.56 bits per heavy atom. The number of rotatable bonds is 5. The highest BCUT2D eigenvalue weighted by Gasteiger charge is 2.34. The molecule has 0 radical (unpaired) electrons. The van der Waals surface area contributed by atoms with Crippen molar-refractivity contribution in [2.75, 3.05) is 6.54 Å². The number of carboxylic acids is 1. The summed E-state index contributed by atoms with van der Waals surface area (Å²) in [5, 5.41) is 10.5. The second-order valence-corrected chi connectivity index (χ2v) is 6.21. The molecule has 1 aromatic carbocycles. The minimum atomic E-state index is -1.24. The van der Waals surface area contributed by atoms with Crippen molar-refractivity contribution in [3.8, 4) is 5.69 Å². The number of carbonyl (C=O) groups is 3. The first-order chi connectivity index (χ1) is 12.0. The fraction of sp³-hybridized carbons (Fsp3) is 0.0556. The van der Waals surface area contributed by atoms with E-state index in [-0.39, 0.29) is 23.3 Å². The molecule has 2 amide bonds. The summed E-state index contributed by atoms with van der Waals surface area (Å²) in [6.07, 6.45) is 4.93. The third-order valence-electron chi connectivity index (χ3n) is 3.63. The molecule has 0 bridgehead atoms. The van der Waals surface area contributed by atoms with Gasteiger partial charge in [0.25, 0.3) is 11.1 Å². The van der Waals surface area contributed by atoms with Crippen LogP contribution in [0.3, 0.4) is 0 Å². The molecular weight excluding hydrogens is 340 g/mol. The lowest BCUT2D eigenvalue weighted by atomic mass is 10.2. The normalized spacial score (nSPS) is 15.8. The van der Waals surface area contributed by atoms with Crippen LogP contribution < -0.4 is 5.11 Å². The Bertz CT molecular complexity index is 896. The highest BCUT2D eigenvalue weighted by Crippen LogP contribution is 2.32. The molecule has 2 heterocycles. The molecule has 6 nitrogen and oxygen atoms in total.